The summed E-state index contributed by atoms with van der Waals surface area (Å²) in [5.41, 5.74) is 4.46. The van der Waals surface area contributed by atoms with Crippen LogP contribution in [0, 0.1) is 17.8 Å². The molecule has 0 unspecified atom stereocenters. The van der Waals surface area contributed by atoms with Gasteiger partial charge >= 0.3 is 13.1 Å². The van der Waals surface area contributed by atoms with Crippen LogP contribution >= 0.6 is 0 Å². The summed E-state index contributed by atoms with van der Waals surface area (Å²) in [6.07, 6.45) is 7.83. The number of hydrogen-bond donors (Lipinski definition) is 3. The molecule has 0 spiro atoms. The number of amides is 2. The predicted molar refractivity (Wildman–Crippen MR) is 166 cm³/mol. The number of phenolic OH excluding ortho intramolecular Hbond substituents is 1. The fourth-order valence-corrected chi connectivity index (χ4v) is 7.49. The van der Waals surface area contributed by atoms with Gasteiger partial charge in [-0.1, -0.05) is 67.3 Å². The lowest BCUT2D eigenvalue weighted by atomic mass is 9.58. The molecule has 5 rings (SSSR count). The molecule has 228 valence electrons. The van der Waals surface area contributed by atoms with Crippen molar-refractivity contribution in [2.75, 3.05) is 6.54 Å². The van der Waals surface area contributed by atoms with E-state index in [9.17, 15) is 24.5 Å². The molecule has 3 aliphatic rings. The smallest absolute Gasteiger partial charge is 0.455 e. The highest BCUT2D eigenvalue weighted by Gasteiger charge is 2.56. The monoisotopic (exact) mass is 587 g/mol. The van der Waals surface area contributed by atoms with Gasteiger partial charge in [0.05, 0.1) is 17.9 Å². The van der Waals surface area contributed by atoms with Crippen LogP contribution in [0.15, 0.2) is 53.1 Å². The number of imide groups is 1. The molecule has 1 aliphatic carbocycles. The zero-order chi connectivity index (χ0) is 30.7. The highest BCUT2D eigenvalue weighted by molar-refractivity contribution is 6.43. The van der Waals surface area contributed by atoms with Crippen LogP contribution in [-0.2, 0) is 19.0 Å². The van der Waals surface area contributed by atoms with Crippen molar-refractivity contribution in [1.29, 1.82) is 0 Å². The molecule has 2 aromatic carbocycles. The summed E-state index contributed by atoms with van der Waals surface area (Å²) in [7, 11) is -1.00. The van der Waals surface area contributed by atoms with Gasteiger partial charge < -0.3 is 19.9 Å². The molecular weight excluding hydrogens is 545 g/mol. The van der Waals surface area contributed by atoms with Crippen LogP contribution in [0.3, 0.4) is 0 Å². The summed E-state index contributed by atoms with van der Waals surface area (Å²) in [5, 5.41) is 31.8. The van der Waals surface area contributed by atoms with Gasteiger partial charge in [0, 0.05) is 18.4 Å². The van der Waals surface area contributed by atoms with E-state index in [-0.39, 0.29) is 36.0 Å². The number of phenols is 1. The van der Waals surface area contributed by atoms with Crippen LogP contribution in [0.5, 0.6) is 5.75 Å². The Morgan fingerprint density at radius 1 is 1.02 bits per heavy atom. The number of allylic oxidation sites excluding steroid dienone is 2. The van der Waals surface area contributed by atoms with Gasteiger partial charge in [-0.2, -0.15) is 0 Å². The predicted octanol–water partition coefficient (Wildman–Crippen LogP) is 5.97. The van der Waals surface area contributed by atoms with Crippen molar-refractivity contribution in [2.24, 2.45) is 17.8 Å². The second kappa shape index (κ2) is 13.5. The second-order valence-corrected chi connectivity index (χ2v) is 12.3. The Bertz CT molecular complexity index is 1450. The first-order valence-corrected chi connectivity index (χ1v) is 15.7. The highest BCUT2D eigenvalue weighted by atomic mass is 16.5. The molecular formula is C34H42BNO7. The topological polar surface area (TPSA) is 124 Å². The normalized spacial score (nSPS) is 24.1. The minimum Gasteiger partial charge on any atom is -0.507 e. The summed E-state index contributed by atoms with van der Waals surface area (Å²) in [6, 6.07) is 11.5. The van der Waals surface area contributed by atoms with E-state index in [0.717, 1.165) is 46.7 Å². The fourth-order valence-electron chi connectivity index (χ4n) is 7.49. The number of aliphatic carboxylic acids is 1. The van der Waals surface area contributed by atoms with Crippen molar-refractivity contribution < 1.29 is 34.3 Å². The van der Waals surface area contributed by atoms with Crippen LogP contribution in [0.2, 0.25) is 6.32 Å². The number of carbonyl (C=O) groups excluding carboxylic acids is 2. The maximum atomic E-state index is 13.6. The van der Waals surface area contributed by atoms with Crippen molar-refractivity contribution in [1.82, 2.24) is 4.90 Å². The van der Waals surface area contributed by atoms with Gasteiger partial charge in [0.2, 0.25) is 11.8 Å². The molecule has 2 saturated heterocycles. The summed E-state index contributed by atoms with van der Waals surface area (Å²) in [4.78, 5) is 39.2. The van der Waals surface area contributed by atoms with Gasteiger partial charge in [-0.3, -0.25) is 19.3 Å². The largest absolute Gasteiger partial charge is 0.507 e. The van der Waals surface area contributed by atoms with Crippen LogP contribution in [-0.4, -0.2) is 57.7 Å². The molecule has 2 aliphatic heterocycles. The van der Waals surface area contributed by atoms with Crippen LogP contribution < -0.4 is 0 Å². The quantitative estimate of drug-likeness (QED) is 0.121. The maximum absolute atomic E-state index is 13.6. The summed E-state index contributed by atoms with van der Waals surface area (Å²) in [6.45, 7) is 4.49. The lowest BCUT2D eigenvalue weighted by Gasteiger charge is -2.42. The average Bonchev–Trinajstić information content (AvgIpc) is 3.21. The third kappa shape index (κ3) is 6.58. The molecule has 2 heterocycles. The minimum absolute atomic E-state index is 0.0850. The van der Waals surface area contributed by atoms with Gasteiger partial charge in [0.15, 0.2) is 0 Å². The number of likely N-dealkylation sites (tertiary alicyclic amines) is 1. The molecule has 0 saturated carbocycles. The molecule has 43 heavy (non-hydrogen) atoms. The van der Waals surface area contributed by atoms with E-state index in [0.29, 0.717) is 45.0 Å². The number of aromatic hydroxyl groups is 1. The van der Waals surface area contributed by atoms with Crippen molar-refractivity contribution in [2.45, 2.75) is 84.1 Å². The fraction of sp³-hybridized carbons (Fsp3) is 0.500. The summed E-state index contributed by atoms with van der Waals surface area (Å²) < 4.78 is 6.12. The van der Waals surface area contributed by atoms with Crippen LogP contribution in [0.4, 0.5) is 0 Å². The molecule has 2 aromatic rings. The van der Waals surface area contributed by atoms with E-state index in [1.165, 1.54) is 10.5 Å². The minimum atomic E-state index is -1.00. The number of carboxylic acids is 1. The molecule has 8 nitrogen and oxygen atoms in total. The van der Waals surface area contributed by atoms with Gasteiger partial charge in [0.25, 0.3) is 0 Å². The first-order chi connectivity index (χ1) is 20.7. The number of carbonyl (C=O) groups is 3. The highest BCUT2D eigenvalue weighted by Crippen LogP contribution is 2.50. The summed E-state index contributed by atoms with van der Waals surface area (Å²) in [5.74, 6) is -2.02. The molecule has 2 amide bonds. The molecule has 2 fully saturated rings. The first-order valence-electron chi connectivity index (χ1n) is 15.7. The number of rotatable bonds is 12. The standard InChI is InChI=1S/C34H42BNO7/c1-3-9-22(19-23-14-15-28(37)25-11-7-6-10-24(23)25)13-16-29-31-21(2)18-26-32(27(31)20-35(42)43-29)34(41)36(33(26)40)17-8-4-5-12-30(38)39/h6-7,10-11,14-15,19,26-27,29,32,37,42H,3-5,8-9,12-13,16-18,20H2,1-2H3,(H,38,39)/b22-19+/t26-,27+,29-,32-/m1/s1. The third-order valence-electron chi connectivity index (χ3n) is 9.41. The average molecular weight is 588 g/mol. The van der Waals surface area contributed by atoms with Crippen molar-refractivity contribution in [3.8, 4) is 5.75 Å². The molecule has 0 bridgehead atoms. The SMILES string of the molecule is CCC/C(=C\c1ccc(O)c2ccccc12)CC[C@H]1OB(O)C[C@H]2C1=C(C)C[C@H]1C(=O)N(CCCCCC(=O)O)C(=O)[C@H]12. The van der Waals surface area contributed by atoms with E-state index in [1.807, 2.05) is 37.3 Å². The van der Waals surface area contributed by atoms with Crippen LogP contribution in [0.25, 0.3) is 16.8 Å². The Kier molecular flexibility index (Phi) is 9.72. The number of fused-ring (bicyclic) bond motifs is 4. The van der Waals surface area contributed by atoms with E-state index >= 15 is 0 Å². The van der Waals surface area contributed by atoms with E-state index < -0.39 is 24.9 Å². The zero-order valence-electron chi connectivity index (χ0n) is 25.1. The first kappa shape index (κ1) is 31.0. The summed E-state index contributed by atoms with van der Waals surface area (Å²) >= 11 is 0. The Morgan fingerprint density at radius 3 is 2.53 bits per heavy atom. The van der Waals surface area contributed by atoms with Crippen molar-refractivity contribution in [3.05, 3.63) is 58.7 Å². The number of nitrogens with zero attached hydrogens (tertiary/aromatic N) is 1. The lowest BCUT2D eigenvalue weighted by Crippen LogP contribution is -2.46. The van der Waals surface area contributed by atoms with Crippen LogP contribution in [0.1, 0.15) is 77.2 Å². The van der Waals surface area contributed by atoms with Gasteiger partial charge in [-0.05, 0) is 80.3 Å². The number of benzene rings is 2. The number of carboxylic acid groups (broad SMARTS) is 1. The second-order valence-electron chi connectivity index (χ2n) is 12.3. The van der Waals surface area contributed by atoms with E-state index in [4.69, 9.17) is 9.76 Å². The Hall–Kier alpha value is -3.43. The van der Waals surface area contributed by atoms with Crippen molar-refractivity contribution >= 4 is 41.8 Å². The Morgan fingerprint density at radius 2 is 1.79 bits per heavy atom. The molecule has 0 radical (unpaired) electrons. The Labute approximate surface area is 253 Å². The molecule has 4 atom stereocenters. The van der Waals surface area contributed by atoms with E-state index in [1.54, 1.807) is 6.07 Å². The maximum Gasteiger partial charge on any atom is 0.455 e. The van der Waals surface area contributed by atoms with Gasteiger partial charge in [-0.25, -0.2) is 0 Å². The van der Waals surface area contributed by atoms with Gasteiger partial charge in [-0.15, -0.1) is 0 Å². The lowest BCUT2D eigenvalue weighted by molar-refractivity contribution is -0.141. The number of hydrogen-bond acceptors (Lipinski definition) is 6. The van der Waals surface area contributed by atoms with Gasteiger partial charge in [0.1, 0.15) is 5.75 Å². The molecule has 9 heteroatoms. The molecule has 0 aromatic heterocycles. The van der Waals surface area contributed by atoms with Crippen molar-refractivity contribution in [3.63, 3.8) is 0 Å². The van der Waals surface area contributed by atoms with E-state index in [2.05, 4.69) is 13.0 Å². The Balaban J connectivity index is 1.32. The number of unbranched alkanes of at least 4 members (excludes halogenated alkanes) is 2. The third-order valence-corrected chi connectivity index (χ3v) is 9.41. The molecule has 3 N–H and O–H groups in total. The zero-order valence-corrected chi connectivity index (χ0v) is 25.1.